The molecule has 5 heterocycles. The Labute approximate surface area is 261 Å². The first kappa shape index (κ1) is 29.1. The maximum absolute atomic E-state index is 17.0. The number of ether oxygens (including phenoxy) is 1. The van der Waals surface area contributed by atoms with Crippen LogP contribution in [0.5, 0.6) is 11.8 Å². The van der Waals surface area contributed by atoms with Gasteiger partial charge in [0.25, 0.3) is 0 Å². The molecule has 44 heavy (non-hydrogen) atoms. The molecule has 2 aromatic heterocycles. The molecule has 2 aromatic carbocycles. The number of aromatic hydroxyl groups is 1. The highest BCUT2D eigenvalue weighted by atomic mass is 35.5. The fourth-order valence-electron chi connectivity index (χ4n) is 7.61. The molecule has 11 heteroatoms. The van der Waals surface area contributed by atoms with Crippen LogP contribution in [0.1, 0.15) is 50.8 Å². The Balaban J connectivity index is 1.41. The summed E-state index contributed by atoms with van der Waals surface area (Å²) in [7, 11) is 1.85. The zero-order chi connectivity index (χ0) is 30.9. The second-order valence-corrected chi connectivity index (χ2v) is 13.1. The van der Waals surface area contributed by atoms with E-state index in [9.17, 15) is 10.4 Å². The Morgan fingerprint density at radius 2 is 1.93 bits per heavy atom. The smallest absolute Gasteiger partial charge is 0.319 e. The van der Waals surface area contributed by atoms with E-state index in [2.05, 4.69) is 40.0 Å². The zero-order valence-electron chi connectivity index (χ0n) is 25.5. The van der Waals surface area contributed by atoms with Crippen molar-refractivity contribution in [3.63, 3.8) is 0 Å². The number of halogens is 2. The summed E-state index contributed by atoms with van der Waals surface area (Å²) in [6, 6.07) is 8.53. The Hall–Kier alpha value is -3.65. The largest absolute Gasteiger partial charge is 0.507 e. The summed E-state index contributed by atoms with van der Waals surface area (Å²) in [5.74, 6) is -0.153. The van der Waals surface area contributed by atoms with E-state index in [0.717, 1.165) is 45.3 Å². The first-order chi connectivity index (χ1) is 21.2. The van der Waals surface area contributed by atoms with Crippen LogP contribution in [0.2, 0.25) is 5.02 Å². The fraction of sp³-hybridized carbons (Fsp3) is 0.485. The third kappa shape index (κ3) is 4.64. The Kier molecular flexibility index (Phi) is 7.31. The molecule has 0 radical (unpaired) electrons. The molecular formula is C33H37ClFN7O2. The van der Waals surface area contributed by atoms with E-state index in [-0.39, 0.29) is 39.5 Å². The topological polar surface area (TPSA) is 102 Å². The van der Waals surface area contributed by atoms with Crippen molar-refractivity contribution in [3.05, 3.63) is 40.3 Å². The average Bonchev–Trinajstić information content (AvgIpc) is 3.68. The highest BCUT2D eigenvalue weighted by molar-refractivity contribution is 6.35. The number of piperazine rings is 1. The van der Waals surface area contributed by atoms with Crippen molar-refractivity contribution in [2.75, 3.05) is 31.1 Å². The number of aromatic nitrogens is 3. The molecule has 9 nitrogen and oxygen atoms in total. The molecule has 0 aliphatic carbocycles. The predicted molar refractivity (Wildman–Crippen MR) is 170 cm³/mol. The molecular weight excluding hydrogens is 581 g/mol. The third-order valence-corrected chi connectivity index (χ3v) is 10.1. The summed E-state index contributed by atoms with van der Waals surface area (Å²) >= 11 is 6.96. The lowest BCUT2D eigenvalue weighted by Gasteiger charge is -2.34. The van der Waals surface area contributed by atoms with Gasteiger partial charge in [-0.25, -0.2) is 4.39 Å². The number of fused-ring (bicyclic) bond motifs is 4. The van der Waals surface area contributed by atoms with E-state index in [1.807, 2.05) is 18.5 Å². The summed E-state index contributed by atoms with van der Waals surface area (Å²) in [5, 5.41) is 25.3. The third-order valence-electron chi connectivity index (χ3n) is 9.85. The molecule has 0 spiro atoms. The van der Waals surface area contributed by atoms with Crippen molar-refractivity contribution in [1.82, 2.24) is 24.8 Å². The quantitative estimate of drug-likeness (QED) is 0.286. The van der Waals surface area contributed by atoms with Gasteiger partial charge in [0.1, 0.15) is 35.3 Å². The summed E-state index contributed by atoms with van der Waals surface area (Å²) in [4.78, 5) is 14.2. The van der Waals surface area contributed by atoms with Gasteiger partial charge >= 0.3 is 6.01 Å². The standard InChI is InChI=1S/C33H37ClFN7O2/c1-17(2)42-11-5-6-21(42)16-44-33-38-31-22(32(39-33)41-14-19-7-8-20(15-41)37-19)12-24(34)29(30(31)35)27-18(3)40(4)25-9-10-26(43)23(13-36)28(25)27/h9-10,12,17,19-21,37,43H,5-8,11,14-16H2,1-4H3/t19?,20?,21-/m0/s1. The number of hydrogen-bond donors (Lipinski definition) is 2. The van der Waals surface area contributed by atoms with Gasteiger partial charge < -0.3 is 24.6 Å². The van der Waals surface area contributed by atoms with E-state index in [1.165, 1.54) is 6.07 Å². The van der Waals surface area contributed by atoms with Crippen LogP contribution in [0.15, 0.2) is 18.2 Å². The van der Waals surface area contributed by atoms with Gasteiger partial charge in [0.05, 0.1) is 10.5 Å². The van der Waals surface area contributed by atoms with E-state index in [0.29, 0.717) is 58.1 Å². The number of hydrogen-bond acceptors (Lipinski definition) is 8. The van der Waals surface area contributed by atoms with Gasteiger partial charge in [-0.3, -0.25) is 4.90 Å². The molecule has 3 aliphatic heterocycles. The van der Waals surface area contributed by atoms with Crippen molar-refractivity contribution >= 4 is 39.2 Å². The SMILES string of the molecule is Cc1c(-c2c(Cl)cc3c(N4CC5CCC(C4)N5)nc(OC[C@@H]4CCCN4C(C)C)nc3c2F)c2c(C#N)c(O)ccc2n1C. The molecule has 3 atom stereocenters. The van der Waals surface area contributed by atoms with Crippen LogP contribution in [-0.2, 0) is 7.05 Å². The van der Waals surface area contributed by atoms with Gasteiger partial charge in [0.15, 0.2) is 5.82 Å². The number of anilines is 1. The molecule has 2 unspecified atom stereocenters. The van der Waals surface area contributed by atoms with E-state index < -0.39 is 5.82 Å². The zero-order valence-corrected chi connectivity index (χ0v) is 26.2. The normalized spacial score (nSPS) is 22.0. The molecule has 3 fully saturated rings. The number of benzene rings is 2. The lowest BCUT2D eigenvalue weighted by atomic mass is 9.96. The second kappa shape index (κ2) is 11.1. The van der Waals surface area contributed by atoms with Crippen LogP contribution in [0.4, 0.5) is 10.2 Å². The Morgan fingerprint density at radius 3 is 2.64 bits per heavy atom. The van der Waals surface area contributed by atoms with Gasteiger partial charge in [-0.05, 0) is 71.2 Å². The van der Waals surface area contributed by atoms with Gasteiger partial charge in [-0.1, -0.05) is 11.6 Å². The van der Waals surface area contributed by atoms with Crippen molar-refractivity contribution < 1.29 is 14.2 Å². The molecule has 0 saturated carbocycles. The summed E-state index contributed by atoms with van der Waals surface area (Å²) in [6.45, 7) is 9.18. The van der Waals surface area contributed by atoms with Gasteiger partial charge in [0.2, 0.25) is 0 Å². The molecule has 0 amide bonds. The number of nitrogens with one attached hydrogen (secondary N) is 1. The second-order valence-electron chi connectivity index (χ2n) is 12.7. The highest BCUT2D eigenvalue weighted by Gasteiger charge is 2.35. The van der Waals surface area contributed by atoms with Crippen LogP contribution in [-0.4, -0.2) is 75.0 Å². The van der Waals surface area contributed by atoms with Gasteiger partial charge in [0, 0.05) is 71.9 Å². The van der Waals surface area contributed by atoms with Crippen molar-refractivity contribution in [3.8, 4) is 29.0 Å². The van der Waals surface area contributed by atoms with Crippen LogP contribution in [0, 0.1) is 24.1 Å². The molecule has 7 rings (SSSR count). The lowest BCUT2D eigenvalue weighted by molar-refractivity contribution is 0.138. The van der Waals surface area contributed by atoms with Crippen LogP contribution >= 0.6 is 11.6 Å². The number of likely N-dealkylation sites (tertiary alicyclic amines) is 1. The van der Waals surface area contributed by atoms with E-state index in [4.69, 9.17) is 21.3 Å². The maximum Gasteiger partial charge on any atom is 0.319 e. The number of aryl methyl sites for hydroxylation is 1. The molecule has 3 saturated heterocycles. The fourth-order valence-corrected chi connectivity index (χ4v) is 7.90. The minimum Gasteiger partial charge on any atom is -0.507 e. The van der Waals surface area contributed by atoms with E-state index in [1.54, 1.807) is 12.1 Å². The van der Waals surface area contributed by atoms with Crippen molar-refractivity contribution in [2.45, 2.75) is 70.6 Å². The first-order valence-corrected chi connectivity index (χ1v) is 15.8. The summed E-state index contributed by atoms with van der Waals surface area (Å²) in [6.07, 6.45) is 4.32. The highest BCUT2D eigenvalue weighted by Crippen LogP contribution is 2.45. The van der Waals surface area contributed by atoms with Crippen molar-refractivity contribution in [2.24, 2.45) is 7.05 Å². The summed E-state index contributed by atoms with van der Waals surface area (Å²) < 4.78 is 25.2. The predicted octanol–water partition coefficient (Wildman–Crippen LogP) is 5.66. The number of nitrogens with zero attached hydrogens (tertiary/aromatic N) is 6. The van der Waals surface area contributed by atoms with Gasteiger partial charge in [-0.2, -0.15) is 15.2 Å². The van der Waals surface area contributed by atoms with E-state index >= 15 is 4.39 Å². The minimum atomic E-state index is -0.605. The Morgan fingerprint density at radius 1 is 1.18 bits per heavy atom. The number of phenols is 1. The van der Waals surface area contributed by atoms with Crippen LogP contribution < -0.4 is 15.0 Å². The number of rotatable bonds is 6. The van der Waals surface area contributed by atoms with Gasteiger partial charge in [-0.15, -0.1) is 0 Å². The monoisotopic (exact) mass is 617 g/mol. The Bertz CT molecular complexity index is 1820. The summed E-state index contributed by atoms with van der Waals surface area (Å²) in [5.41, 5.74) is 2.20. The molecule has 3 aliphatic rings. The maximum atomic E-state index is 17.0. The lowest BCUT2D eigenvalue weighted by Crippen LogP contribution is -2.51. The first-order valence-electron chi connectivity index (χ1n) is 15.5. The van der Waals surface area contributed by atoms with Crippen LogP contribution in [0.25, 0.3) is 32.9 Å². The average molecular weight is 618 g/mol. The number of phenolic OH excluding ortho intramolecular Hbond substituents is 1. The van der Waals surface area contributed by atoms with Crippen LogP contribution in [0.3, 0.4) is 0 Å². The molecule has 230 valence electrons. The molecule has 2 bridgehead atoms. The molecule has 4 aromatic rings. The molecule has 2 N–H and O–H groups in total. The number of nitriles is 1. The minimum absolute atomic E-state index is 0.0757. The van der Waals surface area contributed by atoms with Crippen molar-refractivity contribution in [1.29, 1.82) is 5.26 Å².